The van der Waals surface area contributed by atoms with Gasteiger partial charge in [-0.3, -0.25) is 0 Å². The molecule has 0 saturated heterocycles. The first kappa shape index (κ1) is 15.2. The zero-order valence-electron chi connectivity index (χ0n) is 12.0. The molecule has 6 heteroatoms. The van der Waals surface area contributed by atoms with E-state index in [9.17, 15) is 0 Å². The highest BCUT2D eigenvalue weighted by molar-refractivity contribution is 7.09. The van der Waals surface area contributed by atoms with Crippen molar-refractivity contribution in [1.82, 2.24) is 15.3 Å². The van der Waals surface area contributed by atoms with E-state index < -0.39 is 0 Å². The van der Waals surface area contributed by atoms with Crippen molar-refractivity contribution in [2.45, 2.75) is 26.9 Å². The number of pyridine rings is 1. The summed E-state index contributed by atoms with van der Waals surface area (Å²) in [6.45, 7) is 6.42. The summed E-state index contributed by atoms with van der Waals surface area (Å²) in [5, 5.41) is 7.12. The number of hydrogen-bond donors (Lipinski definition) is 1. The van der Waals surface area contributed by atoms with Crippen LogP contribution in [0.4, 0.5) is 5.82 Å². The average Bonchev–Trinajstić information content (AvgIpc) is 2.83. The highest BCUT2D eigenvalue weighted by Gasteiger charge is 2.09. The Labute approximate surface area is 128 Å². The summed E-state index contributed by atoms with van der Waals surface area (Å²) < 4.78 is 0. The van der Waals surface area contributed by atoms with E-state index in [1.165, 1.54) is 0 Å². The minimum Gasteiger partial charge on any atom is -0.354 e. The van der Waals surface area contributed by atoms with Crippen molar-refractivity contribution in [3.05, 3.63) is 38.9 Å². The lowest BCUT2D eigenvalue weighted by Crippen LogP contribution is -2.20. The second-order valence-electron chi connectivity index (χ2n) is 4.59. The third-order valence-electron chi connectivity index (χ3n) is 2.90. The smallest absolute Gasteiger partial charge is 0.129 e. The van der Waals surface area contributed by atoms with Gasteiger partial charge in [0.2, 0.25) is 0 Å². The molecule has 0 unspecified atom stereocenters. The van der Waals surface area contributed by atoms with E-state index in [2.05, 4.69) is 32.5 Å². The molecule has 20 heavy (non-hydrogen) atoms. The number of hydrogen-bond acceptors (Lipinski definition) is 5. The van der Waals surface area contributed by atoms with Crippen molar-refractivity contribution in [2.75, 3.05) is 18.5 Å². The predicted molar refractivity (Wildman–Crippen MR) is 85.6 cm³/mol. The fourth-order valence-corrected chi connectivity index (χ4v) is 2.63. The van der Waals surface area contributed by atoms with Crippen LogP contribution in [0.2, 0.25) is 5.02 Å². The number of anilines is 1. The highest BCUT2D eigenvalue weighted by atomic mass is 35.5. The van der Waals surface area contributed by atoms with Crippen LogP contribution in [-0.2, 0) is 13.1 Å². The van der Waals surface area contributed by atoms with Crippen molar-refractivity contribution in [2.24, 2.45) is 0 Å². The largest absolute Gasteiger partial charge is 0.354 e. The second-order valence-corrected chi connectivity index (χ2v) is 6.06. The van der Waals surface area contributed by atoms with E-state index in [1.54, 1.807) is 11.3 Å². The lowest BCUT2D eigenvalue weighted by molar-refractivity contribution is 0.708. The molecule has 0 saturated carbocycles. The van der Waals surface area contributed by atoms with Gasteiger partial charge in [-0.05, 0) is 25.6 Å². The molecule has 4 nitrogen and oxygen atoms in total. The van der Waals surface area contributed by atoms with Crippen LogP contribution in [0, 0.1) is 6.92 Å². The standard InChI is InChI=1S/C14H19ClN4S/c1-4-16-7-13-12(15)5-6-14(18-13)19(3)8-11-9-20-10(2)17-11/h5-6,9,16H,4,7-8H2,1-3H3. The van der Waals surface area contributed by atoms with E-state index in [0.29, 0.717) is 11.6 Å². The Balaban J connectivity index is 2.10. The fraction of sp³-hybridized carbons (Fsp3) is 0.429. The van der Waals surface area contributed by atoms with Crippen LogP contribution in [-0.4, -0.2) is 23.6 Å². The van der Waals surface area contributed by atoms with E-state index in [-0.39, 0.29) is 0 Å². The molecule has 0 spiro atoms. The highest BCUT2D eigenvalue weighted by Crippen LogP contribution is 2.20. The molecule has 0 aliphatic carbocycles. The number of aromatic nitrogens is 2. The normalized spacial score (nSPS) is 10.8. The van der Waals surface area contributed by atoms with Crippen LogP contribution in [0.25, 0.3) is 0 Å². The van der Waals surface area contributed by atoms with Gasteiger partial charge in [-0.25, -0.2) is 9.97 Å². The number of rotatable bonds is 6. The molecule has 0 aromatic carbocycles. The monoisotopic (exact) mass is 310 g/mol. The minimum atomic E-state index is 0.687. The number of halogens is 1. The Bertz CT molecular complexity index is 570. The number of aryl methyl sites for hydroxylation is 1. The first-order chi connectivity index (χ1) is 9.60. The molecule has 2 rings (SSSR count). The van der Waals surface area contributed by atoms with Crippen molar-refractivity contribution in [3.8, 4) is 0 Å². The Morgan fingerprint density at radius 1 is 1.35 bits per heavy atom. The first-order valence-corrected chi connectivity index (χ1v) is 7.84. The van der Waals surface area contributed by atoms with Crippen LogP contribution in [0.5, 0.6) is 0 Å². The van der Waals surface area contributed by atoms with Crippen LogP contribution in [0.1, 0.15) is 23.3 Å². The van der Waals surface area contributed by atoms with Crippen LogP contribution in [0.3, 0.4) is 0 Å². The number of thiazole rings is 1. The van der Waals surface area contributed by atoms with Crippen molar-refractivity contribution >= 4 is 28.8 Å². The van der Waals surface area contributed by atoms with Gasteiger partial charge in [0.1, 0.15) is 5.82 Å². The molecule has 0 aliphatic heterocycles. The topological polar surface area (TPSA) is 41.1 Å². The zero-order chi connectivity index (χ0) is 14.5. The van der Waals surface area contributed by atoms with Crippen molar-refractivity contribution in [3.63, 3.8) is 0 Å². The summed E-state index contributed by atoms with van der Waals surface area (Å²) >= 11 is 7.84. The van der Waals surface area contributed by atoms with Crippen molar-refractivity contribution < 1.29 is 0 Å². The summed E-state index contributed by atoms with van der Waals surface area (Å²) in [6.07, 6.45) is 0. The van der Waals surface area contributed by atoms with Crippen LogP contribution >= 0.6 is 22.9 Å². The van der Waals surface area contributed by atoms with Gasteiger partial charge in [0.05, 0.1) is 28.0 Å². The Morgan fingerprint density at radius 2 is 2.15 bits per heavy atom. The van der Waals surface area contributed by atoms with Gasteiger partial charge in [0.25, 0.3) is 0 Å². The molecule has 0 bridgehead atoms. The molecule has 108 valence electrons. The van der Waals surface area contributed by atoms with Gasteiger partial charge in [0, 0.05) is 19.0 Å². The van der Waals surface area contributed by atoms with Gasteiger partial charge in [-0.1, -0.05) is 18.5 Å². The molecular formula is C14H19ClN4S. The predicted octanol–water partition coefficient (Wildman–Crippen LogP) is 3.25. The molecule has 1 N–H and O–H groups in total. The summed E-state index contributed by atoms with van der Waals surface area (Å²) in [5.41, 5.74) is 1.95. The number of nitrogens with one attached hydrogen (secondary N) is 1. The lowest BCUT2D eigenvalue weighted by atomic mass is 10.3. The van der Waals surface area contributed by atoms with Crippen molar-refractivity contribution in [1.29, 1.82) is 0 Å². The summed E-state index contributed by atoms with van der Waals surface area (Å²) in [5.74, 6) is 0.910. The van der Waals surface area contributed by atoms with Gasteiger partial charge in [0.15, 0.2) is 0 Å². The molecule has 0 fully saturated rings. The average molecular weight is 311 g/mol. The van der Waals surface area contributed by atoms with E-state index in [0.717, 1.165) is 35.3 Å². The molecule has 0 amide bonds. The third kappa shape index (κ3) is 3.91. The Morgan fingerprint density at radius 3 is 2.80 bits per heavy atom. The number of nitrogens with zero attached hydrogens (tertiary/aromatic N) is 3. The van der Waals surface area contributed by atoms with Gasteiger partial charge >= 0.3 is 0 Å². The summed E-state index contributed by atoms with van der Waals surface area (Å²) in [4.78, 5) is 11.2. The molecule has 2 heterocycles. The molecule has 0 aliphatic rings. The molecule has 0 radical (unpaired) electrons. The Kier molecular flexibility index (Phi) is 5.34. The summed E-state index contributed by atoms with van der Waals surface area (Å²) in [7, 11) is 2.02. The maximum atomic E-state index is 6.17. The van der Waals surface area contributed by atoms with E-state index >= 15 is 0 Å². The molecule has 0 atom stereocenters. The van der Waals surface area contributed by atoms with Gasteiger partial charge in [-0.2, -0.15) is 0 Å². The zero-order valence-corrected chi connectivity index (χ0v) is 13.6. The first-order valence-electron chi connectivity index (χ1n) is 6.58. The van der Waals surface area contributed by atoms with Gasteiger partial charge in [-0.15, -0.1) is 11.3 Å². The van der Waals surface area contributed by atoms with Crippen LogP contribution in [0.15, 0.2) is 17.5 Å². The lowest BCUT2D eigenvalue weighted by Gasteiger charge is -2.18. The van der Waals surface area contributed by atoms with Gasteiger partial charge < -0.3 is 10.2 Å². The van der Waals surface area contributed by atoms with Crippen LogP contribution < -0.4 is 10.2 Å². The van der Waals surface area contributed by atoms with E-state index in [1.807, 2.05) is 26.1 Å². The quantitative estimate of drug-likeness (QED) is 0.889. The van der Waals surface area contributed by atoms with E-state index in [4.69, 9.17) is 11.6 Å². The third-order valence-corrected chi connectivity index (χ3v) is 4.07. The SMILES string of the molecule is CCNCc1nc(N(C)Cc2csc(C)n2)ccc1Cl. The molecule has 2 aromatic rings. The Hall–Kier alpha value is -1.17. The molecular weight excluding hydrogens is 292 g/mol. The maximum absolute atomic E-state index is 6.17. The molecule has 2 aromatic heterocycles. The minimum absolute atomic E-state index is 0.687. The fourth-order valence-electron chi connectivity index (χ4n) is 1.86. The second kappa shape index (κ2) is 7.02. The maximum Gasteiger partial charge on any atom is 0.129 e. The summed E-state index contributed by atoms with van der Waals surface area (Å²) in [6, 6.07) is 3.84.